The van der Waals surface area contributed by atoms with Crippen molar-refractivity contribution in [3.8, 4) is 0 Å². The van der Waals surface area contributed by atoms with E-state index in [2.05, 4.69) is 71.4 Å². The molecule has 1 fully saturated rings. The van der Waals surface area contributed by atoms with Crippen LogP contribution in [0, 0.1) is 0 Å². The number of nitrogens with zero attached hydrogens (tertiary/aromatic N) is 5. The van der Waals surface area contributed by atoms with Gasteiger partial charge in [-0.3, -0.25) is 0 Å². The van der Waals surface area contributed by atoms with Gasteiger partial charge >= 0.3 is 0 Å². The standard InChI is InChI=1S/C20H25N5/c1-5-14-10-21-19(22-11-14)24-12-15(13-24)25-17-9-7-6-8-16(17)23-18(25)20(2,3)4/h6-11,15H,5,12-13H2,1-4H3. The van der Waals surface area contributed by atoms with E-state index in [9.17, 15) is 0 Å². The predicted molar refractivity (Wildman–Crippen MR) is 101 cm³/mol. The molecule has 1 saturated heterocycles. The lowest BCUT2D eigenvalue weighted by Gasteiger charge is -2.41. The number of anilines is 1. The Kier molecular flexibility index (Phi) is 3.74. The van der Waals surface area contributed by atoms with Gasteiger partial charge in [-0.2, -0.15) is 0 Å². The molecule has 2 aromatic heterocycles. The molecule has 0 unspecified atom stereocenters. The second-order valence-electron chi connectivity index (χ2n) is 7.85. The van der Waals surface area contributed by atoms with Crippen LogP contribution in [0.4, 0.5) is 5.95 Å². The highest BCUT2D eigenvalue weighted by Crippen LogP contribution is 2.34. The predicted octanol–water partition coefficient (Wildman–Crippen LogP) is 3.75. The van der Waals surface area contributed by atoms with E-state index < -0.39 is 0 Å². The van der Waals surface area contributed by atoms with E-state index in [1.54, 1.807) is 0 Å². The SMILES string of the molecule is CCc1cnc(N2CC(n3c(C(C)(C)C)nc4ccccc43)C2)nc1. The van der Waals surface area contributed by atoms with Crippen molar-refractivity contribution in [3.63, 3.8) is 0 Å². The number of hydrogen-bond donors (Lipinski definition) is 0. The van der Waals surface area contributed by atoms with E-state index in [-0.39, 0.29) is 5.41 Å². The maximum absolute atomic E-state index is 4.92. The zero-order valence-electron chi connectivity index (χ0n) is 15.4. The van der Waals surface area contributed by atoms with Gasteiger partial charge in [0.25, 0.3) is 0 Å². The average Bonchev–Trinajstić information content (AvgIpc) is 2.94. The van der Waals surface area contributed by atoms with E-state index in [1.807, 2.05) is 12.4 Å². The second kappa shape index (κ2) is 5.83. The number of aryl methyl sites for hydroxylation is 1. The highest BCUT2D eigenvalue weighted by molar-refractivity contribution is 5.76. The van der Waals surface area contributed by atoms with Crippen LogP contribution in [0.25, 0.3) is 11.0 Å². The fraction of sp³-hybridized carbons (Fsp3) is 0.450. The Labute approximate surface area is 148 Å². The van der Waals surface area contributed by atoms with Crippen molar-refractivity contribution in [2.24, 2.45) is 0 Å². The number of fused-ring (bicyclic) bond motifs is 1. The Morgan fingerprint density at radius 2 is 1.76 bits per heavy atom. The molecule has 0 atom stereocenters. The van der Waals surface area contributed by atoms with Gasteiger partial charge < -0.3 is 9.47 Å². The Morgan fingerprint density at radius 1 is 1.08 bits per heavy atom. The van der Waals surface area contributed by atoms with Gasteiger partial charge in [0.2, 0.25) is 5.95 Å². The van der Waals surface area contributed by atoms with Gasteiger partial charge in [-0.25, -0.2) is 15.0 Å². The minimum atomic E-state index is 0.0126. The van der Waals surface area contributed by atoms with E-state index in [0.717, 1.165) is 36.8 Å². The monoisotopic (exact) mass is 335 g/mol. The van der Waals surface area contributed by atoms with Crippen molar-refractivity contribution < 1.29 is 0 Å². The van der Waals surface area contributed by atoms with Crippen molar-refractivity contribution in [1.82, 2.24) is 19.5 Å². The van der Waals surface area contributed by atoms with Crippen molar-refractivity contribution >= 4 is 17.0 Å². The lowest BCUT2D eigenvalue weighted by molar-refractivity contribution is 0.369. The summed E-state index contributed by atoms with van der Waals surface area (Å²) >= 11 is 0. The molecule has 0 aliphatic carbocycles. The molecule has 0 amide bonds. The third-order valence-electron chi connectivity index (χ3n) is 4.88. The largest absolute Gasteiger partial charge is 0.337 e. The lowest BCUT2D eigenvalue weighted by Crippen LogP contribution is -2.49. The second-order valence-corrected chi connectivity index (χ2v) is 7.85. The van der Waals surface area contributed by atoms with Crippen LogP contribution in [0.2, 0.25) is 0 Å². The number of benzene rings is 1. The Bertz CT molecular complexity index is 883. The summed E-state index contributed by atoms with van der Waals surface area (Å²) < 4.78 is 2.42. The van der Waals surface area contributed by atoms with Gasteiger partial charge in [0.1, 0.15) is 5.82 Å². The molecule has 130 valence electrons. The summed E-state index contributed by atoms with van der Waals surface area (Å²) in [6, 6.07) is 8.84. The maximum atomic E-state index is 4.92. The van der Waals surface area contributed by atoms with E-state index in [1.165, 1.54) is 11.1 Å². The first kappa shape index (κ1) is 16.1. The first-order valence-electron chi connectivity index (χ1n) is 9.00. The molecular weight excluding hydrogens is 310 g/mol. The van der Waals surface area contributed by atoms with Crippen molar-refractivity contribution in [3.05, 3.63) is 48.0 Å². The van der Waals surface area contributed by atoms with Crippen molar-refractivity contribution in [2.75, 3.05) is 18.0 Å². The molecule has 1 aromatic carbocycles. The molecule has 0 N–H and O–H groups in total. The van der Waals surface area contributed by atoms with Gasteiger partial charge in [0, 0.05) is 30.9 Å². The third kappa shape index (κ3) is 2.77. The highest BCUT2D eigenvalue weighted by atomic mass is 15.3. The fourth-order valence-corrected chi connectivity index (χ4v) is 3.42. The number of hydrogen-bond acceptors (Lipinski definition) is 4. The highest BCUT2D eigenvalue weighted by Gasteiger charge is 2.35. The van der Waals surface area contributed by atoms with Crippen LogP contribution in [0.5, 0.6) is 0 Å². The van der Waals surface area contributed by atoms with Gasteiger partial charge in [0.05, 0.1) is 17.1 Å². The molecule has 5 nitrogen and oxygen atoms in total. The first-order valence-corrected chi connectivity index (χ1v) is 9.00. The Hall–Kier alpha value is -2.43. The molecule has 0 saturated carbocycles. The van der Waals surface area contributed by atoms with Gasteiger partial charge in [-0.05, 0) is 24.1 Å². The third-order valence-corrected chi connectivity index (χ3v) is 4.88. The normalized spacial score (nSPS) is 15.6. The van der Waals surface area contributed by atoms with Crippen LogP contribution >= 0.6 is 0 Å². The molecule has 5 heteroatoms. The van der Waals surface area contributed by atoms with Gasteiger partial charge in [-0.15, -0.1) is 0 Å². The Morgan fingerprint density at radius 3 is 2.40 bits per heavy atom. The van der Waals surface area contributed by atoms with E-state index in [4.69, 9.17) is 4.98 Å². The summed E-state index contributed by atoms with van der Waals surface area (Å²) in [4.78, 5) is 16.2. The molecular formula is C20H25N5. The molecule has 3 heterocycles. The quantitative estimate of drug-likeness (QED) is 0.731. The molecule has 1 aliphatic heterocycles. The molecule has 3 aromatic rings. The van der Waals surface area contributed by atoms with Gasteiger partial charge in [0.15, 0.2) is 0 Å². The Balaban J connectivity index is 1.63. The van der Waals surface area contributed by atoms with Crippen LogP contribution < -0.4 is 4.90 Å². The van der Waals surface area contributed by atoms with Crippen LogP contribution in [0.15, 0.2) is 36.7 Å². The summed E-state index contributed by atoms with van der Waals surface area (Å²) in [5, 5.41) is 0. The van der Waals surface area contributed by atoms with E-state index in [0.29, 0.717) is 6.04 Å². The van der Waals surface area contributed by atoms with Crippen LogP contribution in [-0.2, 0) is 11.8 Å². The topological polar surface area (TPSA) is 46.8 Å². The molecule has 0 radical (unpaired) electrons. The number of imidazole rings is 1. The first-order chi connectivity index (χ1) is 12.0. The fourth-order valence-electron chi connectivity index (χ4n) is 3.42. The minimum Gasteiger partial charge on any atom is -0.337 e. The lowest BCUT2D eigenvalue weighted by atomic mass is 9.94. The smallest absolute Gasteiger partial charge is 0.225 e. The van der Waals surface area contributed by atoms with Crippen molar-refractivity contribution in [1.29, 1.82) is 0 Å². The number of para-hydroxylation sites is 2. The van der Waals surface area contributed by atoms with E-state index >= 15 is 0 Å². The summed E-state index contributed by atoms with van der Waals surface area (Å²) in [5.74, 6) is 1.98. The number of aromatic nitrogens is 4. The van der Waals surface area contributed by atoms with Crippen LogP contribution in [-0.4, -0.2) is 32.6 Å². The average molecular weight is 335 g/mol. The minimum absolute atomic E-state index is 0.0126. The zero-order chi connectivity index (χ0) is 17.6. The summed E-state index contributed by atoms with van der Waals surface area (Å²) in [6.07, 6.45) is 4.84. The van der Waals surface area contributed by atoms with Gasteiger partial charge in [-0.1, -0.05) is 39.8 Å². The molecule has 25 heavy (non-hydrogen) atoms. The van der Waals surface area contributed by atoms with Crippen LogP contribution in [0.1, 0.15) is 45.1 Å². The maximum Gasteiger partial charge on any atom is 0.225 e. The molecule has 0 bridgehead atoms. The summed E-state index contributed by atoms with van der Waals surface area (Å²) in [5.41, 5.74) is 3.49. The summed E-state index contributed by atoms with van der Waals surface area (Å²) in [7, 11) is 0. The zero-order valence-corrected chi connectivity index (χ0v) is 15.4. The van der Waals surface area contributed by atoms with Crippen LogP contribution in [0.3, 0.4) is 0 Å². The van der Waals surface area contributed by atoms with Crippen molar-refractivity contribution in [2.45, 2.75) is 45.6 Å². The molecule has 4 rings (SSSR count). The number of rotatable bonds is 3. The summed E-state index contributed by atoms with van der Waals surface area (Å²) in [6.45, 7) is 10.7. The molecule has 1 aliphatic rings. The molecule has 0 spiro atoms.